The van der Waals surface area contributed by atoms with Crippen LogP contribution in [0, 0.1) is 0 Å². The molecule has 1 aliphatic rings. The van der Waals surface area contributed by atoms with Gasteiger partial charge in [-0.15, -0.1) is 23.1 Å². The summed E-state index contributed by atoms with van der Waals surface area (Å²) in [7, 11) is 0. The van der Waals surface area contributed by atoms with Crippen LogP contribution in [0.1, 0.15) is 56.0 Å². The number of hydrogen-bond acceptors (Lipinski definition) is 7. The second kappa shape index (κ2) is 9.00. The number of ether oxygens (including phenoxy) is 1. The van der Waals surface area contributed by atoms with Crippen molar-refractivity contribution in [3.8, 4) is 0 Å². The largest absolute Gasteiger partial charge is 0.370 e. The topological polar surface area (TPSA) is 47.9 Å². The molecule has 0 saturated carbocycles. The van der Waals surface area contributed by atoms with Crippen molar-refractivity contribution in [1.82, 2.24) is 15.0 Å². The average molecular weight is 516 g/mol. The molecule has 33 heavy (non-hydrogen) atoms. The Labute approximate surface area is 211 Å². The maximum atomic E-state index is 6.20. The van der Waals surface area contributed by atoms with E-state index in [9.17, 15) is 0 Å². The van der Waals surface area contributed by atoms with E-state index in [4.69, 9.17) is 31.3 Å². The van der Waals surface area contributed by atoms with E-state index in [2.05, 4.69) is 39.8 Å². The molecule has 0 N–H and O–H groups in total. The first-order valence-corrected chi connectivity index (χ1v) is 14.4. The number of pyridine rings is 1. The summed E-state index contributed by atoms with van der Waals surface area (Å²) < 4.78 is 7.32. The van der Waals surface area contributed by atoms with Gasteiger partial charge in [0.2, 0.25) is 0 Å². The normalized spacial score (nSPS) is 15.5. The number of benzene rings is 1. The molecule has 8 heteroatoms. The van der Waals surface area contributed by atoms with Crippen LogP contribution < -0.4 is 0 Å². The first-order valence-electron chi connectivity index (χ1n) is 11.0. The van der Waals surface area contributed by atoms with Gasteiger partial charge in [0.05, 0.1) is 28.1 Å². The van der Waals surface area contributed by atoms with Crippen LogP contribution in [-0.2, 0) is 23.5 Å². The summed E-state index contributed by atoms with van der Waals surface area (Å²) in [5, 5.41) is 3.77. The summed E-state index contributed by atoms with van der Waals surface area (Å²) in [5.41, 5.74) is 5.80. The van der Waals surface area contributed by atoms with E-state index >= 15 is 0 Å². The molecule has 4 nitrogen and oxygen atoms in total. The molecule has 0 amide bonds. The van der Waals surface area contributed by atoms with Crippen molar-refractivity contribution >= 4 is 66.9 Å². The van der Waals surface area contributed by atoms with E-state index < -0.39 is 0 Å². The molecule has 0 radical (unpaired) electrons. The number of halogens is 1. The molecule has 1 aromatic carbocycles. The maximum absolute atomic E-state index is 6.20. The number of thiophene rings is 1. The quantitative estimate of drug-likeness (QED) is 0.153. The third-order valence-electron chi connectivity index (χ3n) is 5.89. The van der Waals surface area contributed by atoms with Gasteiger partial charge in [-0.2, -0.15) is 0 Å². The van der Waals surface area contributed by atoms with E-state index in [1.165, 1.54) is 22.1 Å². The first kappa shape index (κ1) is 23.4. The van der Waals surface area contributed by atoms with Crippen molar-refractivity contribution < 1.29 is 4.74 Å². The van der Waals surface area contributed by atoms with Gasteiger partial charge in [0.25, 0.3) is 0 Å². The molecule has 3 aromatic heterocycles. The highest BCUT2D eigenvalue weighted by atomic mass is 35.5. The van der Waals surface area contributed by atoms with Gasteiger partial charge in [0.15, 0.2) is 5.16 Å². The van der Waals surface area contributed by atoms with Crippen LogP contribution in [0.25, 0.3) is 20.4 Å². The summed E-state index contributed by atoms with van der Waals surface area (Å²) in [6.45, 7) is 9.36. The van der Waals surface area contributed by atoms with Gasteiger partial charge in [-0.1, -0.05) is 49.3 Å². The minimum atomic E-state index is -0.203. The lowest BCUT2D eigenvalue weighted by atomic mass is 9.87. The number of thioether (sulfide) groups is 2. The van der Waals surface area contributed by atoms with Crippen molar-refractivity contribution in [3.05, 3.63) is 51.7 Å². The molecular weight excluding hydrogens is 490 g/mol. The first-order chi connectivity index (χ1) is 15.8. The number of hydrogen-bond donors (Lipinski definition) is 0. The van der Waals surface area contributed by atoms with Gasteiger partial charge in [0.1, 0.15) is 9.86 Å². The lowest BCUT2D eigenvalue weighted by Crippen LogP contribution is -2.32. The molecular formula is C25H26ClN3OS3. The lowest BCUT2D eigenvalue weighted by Gasteiger charge is -2.33. The third-order valence-corrected chi connectivity index (χ3v) is 8.94. The molecule has 0 spiro atoms. The SMILES string of the molecule is CSc1nc(SCc2ccc(Cl)cc2)c2sc3nc(C(C)C)c4c(c3c2n1)CC(C)(C)OC4. The van der Waals surface area contributed by atoms with Gasteiger partial charge in [0, 0.05) is 28.1 Å². The fourth-order valence-corrected chi connectivity index (χ4v) is 7.02. The number of rotatable bonds is 5. The Balaban J connectivity index is 1.70. The van der Waals surface area contributed by atoms with Crippen molar-refractivity contribution in [2.75, 3.05) is 6.26 Å². The molecule has 0 atom stereocenters. The zero-order valence-corrected chi connectivity index (χ0v) is 22.6. The number of fused-ring (bicyclic) bond motifs is 5. The predicted octanol–water partition coefficient (Wildman–Crippen LogP) is 7.88. The fraction of sp³-hybridized carbons (Fsp3) is 0.400. The Hall–Kier alpha value is -1.38. The Kier molecular flexibility index (Phi) is 6.38. The molecule has 4 aromatic rings. The second-order valence-corrected chi connectivity index (χ2v) is 12.4. The molecule has 0 bridgehead atoms. The highest BCUT2D eigenvalue weighted by molar-refractivity contribution is 7.99. The van der Waals surface area contributed by atoms with Crippen LogP contribution in [-0.4, -0.2) is 26.8 Å². The van der Waals surface area contributed by atoms with Gasteiger partial charge in [-0.25, -0.2) is 15.0 Å². The van der Waals surface area contributed by atoms with E-state index in [1.54, 1.807) is 34.9 Å². The Morgan fingerprint density at radius 1 is 1.12 bits per heavy atom. The van der Waals surface area contributed by atoms with Crippen LogP contribution in [0.2, 0.25) is 5.02 Å². The van der Waals surface area contributed by atoms with Gasteiger partial charge in [-0.3, -0.25) is 0 Å². The summed E-state index contributed by atoms with van der Waals surface area (Å²) in [5.74, 6) is 1.17. The number of nitrogens with zero attached hydrogens (tertiary/aromatic N) is 3. The fourth-order valence-electron chi connectivity index (χ4n) is 4.25. The molecule has 5 rings (SSSR count). The van der Waals surface area contributed by atoms with Crippen molar-refractivity contribution in [2.45, 2.75) is 68.2 Å². The van der Waals surface area contributed by atoms with Crippen LogP contribution in [0.5, 0.6) is 0 Å². The third kappa shape index (κ3) is 4.50. The number of aromatic nitrogens is 3. The monoisotopic (exact) mass is 515 g/mol. The van der Waals surface area contributed by atoms with E-state index in [-0.39, 0.29) is 5.60 Å². The summed E-state index contributed by atoms with van der Waals surface area (Å²) in [6.07, 6.45) is 2.89. The Bertz CT molecular complexity index is 1350. The minimum Gasteiger partial charge on any atom is -0.370 e. The van der Waals surface area contributed by atoms with Crippen LogP contribution in [0.15, 0.2) is 34.4 Å². The van der Waals surface area contributed by atoms with E-state index in [0.29, 0.717) is 12.5 Å². The smallest absolute Gasteiger partial charge is 0.189 e. The highest BCUT2D eigenvalue weighted by Crippen LogP contribution is 2.44. The average Bonchev–Trinajstić information content (AvgIpc) is 3.16. The molecule has 0 fully saturated rings. The summed E-state index contributed by atoms with van der Waals surface area (Å²) in [4.78, 5) is 16.1. The minimum absolute atomic E-state index is 0.203. The zero-order chi connectivity index (χ0) is 23.3. The Morgan fingerprint density at radius 2 is 1.88 bits per heavy atom. The highest BCUT2D eigenvalue weighted by Gasteiger charge is 2.32. The van der Waals surface area contributed by atoms with Gasteiger partial charge >= 0.3 is 0 Å². The van der Waals surface area contributed by atoms with Gasteiger partial charge in [-0.05, 0) is 49.3 Å². The molecule has 0 unspecified atom stereocenters. The standard InChI is InChI=1S/C25H26ClN3OS3/c1-13(2)19-17-11-30-25(3,4)10-16(17)18-20-21(33-22(18)27-19)23(29-24(28-20)31-5)32-12-14-6-8-15(26)9-7-14/h6-9,13H,10-12H2,1-5H3. The summed E-state index contributed by atoms with van der Waals surface area (Å²) in [6, 6.07) is 8.02. The van der Waals surface area contributed by atoms with Crippen LogP contribution in [0.3, 0.4) is 0 Å². The van der Waals surface area contributed by atoms with Gasteiger partial charge < -0.3 is 4.74 Å². The van der Waals surface area contributed by atoms with Crippen molar-refractivity contribution in [3.63, 3.8) is 0 Å². The maximum Gasteiger partial charge on any atom is 0.189 e. The van der Waals surface area contributed by atoms with E-state index in [0.717, 1.165) is 48.1 Å². The Morgan fingerprint density at radius 3 is 2.58 bits per heavy atom. The zero-order valence-electron chi connectivity index (χ0n) is 19.4. The predicted molar refractivity (Wildman–Crippen MR) is 142 cm³/mol. The van der Waals surface area contributed by atoms with E-state index in [1.807, 2.05) is 18.4 Å². The molecule has 172 valence electrons. The molecule has 4 heterocycles. The lowest BCUT2D eigenvalue weighted by molar-refractivity contribution is -0.0402. The molecule has 0 aliphatic carbocycles. The second-order valence-electron chi connectivity index (χ2n) is 9.22. The van der Waals surface area contributed by atoms with Crippen molar-refractivity contribution in [1.29, 1.82) is 0 Å². The van der Waals surface area contributed by atoms with Crippen LogP contribution in [0.4, 0.5) is 0 Å². The molecule has 1 aliphatic heterocycles. The summed E-state index contributed by atoms with van der Waals surface area (Å²) >= 11 is 11.1. The van der Waals surface area contributed by atoms with Crippen LogP contribution >= 0.6 is 46.5 Å². The van der Waals surface area contributed by atoms with Crippen molar-refractivity contribution in [2.24, 2.45) is 0 Å². The molecule has 0 saturated heterocycles.